The standard InChI is InChI=1S/C12H16Cl2N2O2/c1-18-5-4-15-2-3-16-12(17)9-6-10(13)8-11(14)7-9/h6-8,15H,2-5H2,1H3,(H,16,17). The summed E-state index contributed by atoms with van der Waals surface area (Å²) < 4.78 is 4.89. The Bertz CT molecular complexity index is 379. The van der Waals surface area contributed by atoms with Crippen molar-refractivity contribution in [3.05, 3.63) is 33.8 Å². The topological polar surface area (TPSA) is 50.4 Å². The second kappa shape index (κ2) is 8.32. The first-order valence-corrected chi connectivity index (χ1v) is 6.33. The molecule has 2 N–H and O–H groups in total. The highest BCUT2D eigenvalue weighted by molar-refractivity contribution is 6.35. The summed E-state index contributed by atoms with van der Waals surface area (Å²) in [7, 11) is 1.65. The van der Waals surface area contributed by atoms with E-state index in [1.807, 2.05) is 0 Å². The Morgan fingerprint density at radius 2 is 1.83 bits per heavy atom. The normalized spacial score (nSPS) is 10.4. The fraction of sp³-hybridized carbons (Fsp3) is 0.417. The van der Waals surface area contributed by atoms with Gasteiger partial charge in [-0.1, -0.05) is 23.2 Å². The van der Waals surface area contributed by atoms with Crippen molar-refractivity contribution in [2.75, 3.05) is 33.4 Å². The Morgan fingerprint density at radius 1 is 1.17 bits per heavy atom. The van der Waals surface area contributed by atoms with Gasteiger partial charge in [-0.25, -0.2) is 0 Å². The van der Waals surface area contributed by atoms with Crippen LogP contribution < -0.4 is 10.6 Å². The zero-order chi connectivity index (χ0) is 13.4. The summed E-state index contributed by atoms with van der Waals surface area (Å²) in [5.74, 6) is -0.187. The van der Waals surface area contributed by atoms with Gasteiger partial charge in [0.15, 0.2) is 0 Å². The van der Waals surface area contributed by atoms with Crippen molar-refractivity contribution >= 4 is 29.1 Å². The lowest BCUT2D eigenvalue weighted by molar-refractivity contribution is 0.0953. The molecule has 18 heavy (non-hydrogen) atoms. The summed E-state index contributed by atoms with van der Waals surface area (Å²) in [4.78, 5) is 11.8. The zero-order valence-corrected chi connectivity index (χ0v) is 11.6. The average molecular weight is 291 g/mol. The molecule has 4 nitrogen and oxygen atoms in total. The highest BCUT2D eigenvalue weighted by atomic mass is 35.5. The first kappa shape index (κ1) is 15.2. The van der Waals surface area contributed by atoms with E-state index in [1.165, 1.54) is 0 Å². The molecule has 6 heteroatoms. The van der Waals surface area contributed by atoms with Gasteiger partial charge in [0.25, 0.3) is 5.91 Å². The highest BCUT2D eigenvalue weighted by Crippen LogP contribution is 2.18. The van der Waals surface area contributed by atoms with Crippen LogP contribution in [0.2, 0.25) is 10.0 Å². The Hall–Kier alpha value is -0.810. The van der Waals surface area contributed by atoms with Gasteiger partial charge in [0.2, 0.25) is 0 Å². The Balaban J connectivity index is 2.32. The maximum Gasteiger partial charge on any atom is 0.251 e. The minimum atomic E-state index is -0.187. The molecule has 1 aromatic rings. The molecule has 0 saturated carbocycles. The first-order valence-electron chi connectivity index (χ1n) is 5.57. The number of carbonyl (C=O) groups is 1. The summed E-state index contributed by atoms with van der Waals surface area (Å²) in [6, 6.07) is 4.76. The lowest BCUT2D eigenvalue weighted by atomic mass is 10.2. The van der Waals surface area contributed by atoms with Crippen LogP contribution in [0, 0.1) is 0 Å². The predicted molar refractivity (Wildman–Crippen MR) is 73.5 cm³/mol. The fourth-order valence-corrected chi connectivity index (χ4v) is 1.88. The zero-order valence-electron chi connectivity index (χ0n) is 10.1. The van der Waals surface area contributed by atoms with Crippen molar-refractivity contribution in [3.63, 3.8) is 0 Å². The molecule has 0 spiro atoms. The average Bonchev–Trinajstić information content (AvgIpc) is 2.32. The molecule has 0 aliphatic heterocycles. The van der Waals surface area contributed by atoms with Gasteiger partial charge in [-0.15, -0.1) is 0 Å². The minimum Gasteiger partial charge on any atom is -0.383 e. The molecule has 1 amide bonds. The van der Waals surface area contributed by atoms with Crippen LogP contribution in [0.25, 0.3) is 0 Å². The van der Waals surface area contributed by atoms with Crippen LogP contribution in [-0.4, -0.2) is 39.3 Å². The lowest BCUT2D eigenvalue weighted by Crippen LogP contribution is -2.33. The molecule has 0 radical (unpaired) electrons. The molecule has 1 rings (SSSR count). The van der Waals surface area contributed by atoms with Crippen LogP contribution in [0.5, 0.6) is 0 Å². The number of benzene rings is 1. The molecule has 0 fully saturated rings. The third-order valence-electron chi connectivity index (χ3n) is 2.20. The van der Waals surface area contributed by atoms with Gasteiger partial charge in [0.05, 0.1) is 6.61 Å². The Kier molecular flexibility index (Phi) is 7.05. The molecular formula is C12H16Cl2N2O2. The van der Waals surface area contributed by atoms with E-state index < -0.39 is 0 Å². The van der Waals surface area contributed by atoms with Gasteiger partial charge < -0.3 is 15.4 Å². The number of rotatable bonds is 7. The second-order valence-electron chi connectivity index (χ2n) is 3.66. The molecular weight excluding hydrogens is 275 g/mol. The third kappa shape index (κ3) is 5.69. The monoisotopic (exact) mass is 290 g/mol. The van der Waals surface area contributed by atoms with Crippen LogP contribution in [-0.2, 0) is 4.74 Å². The van der Waals surface area contributed by atoms with Crippen molar-refractivity contribution in [3.8, 4) is 0 Å². The van der Waals surface area contributed by atoms with Crippen molar-refractivity contribution in [2.45, 2.75) is 0 Å². The molecule has 0 saturated heterocycles. The van der Waals surface area contributed by atoms with Crippen LogP contribution in [0.4, 0.5) is 0 Å². The summed E-state index contributed by atoms with van der Waals surface area (Å²) in [6.45, 7) is 2.63. The van der Waals surface area contributed by atoms with Gasteiger partial charge in [0, 0.05) is 42.4 Å². The fourth-order valence-electron chi connectivity index (χ4n) is 1.35. The van der Waals surface area contributed by atoms with E-state index in [2.05, 4.69) is 10.6 Å². The molecule has 0 atom stereocenters. The number of carbonyl (C=O) groups excluding carboxylic acids is 1. The number of hydrogen-bond acceptors (Lipinski definition) is 3. The van der Waals surface area contributed by atoms with Crippen molar-refractivity contribution in [1.29, 1.82) is 0 Å². The van der Waals surface area contributed by atoms with Gasteiger partial charge in [-0.2, -0.15) is 0 Å². The summed E-state index contributed by atoms with van der Waals surface area (Å²) in [5, 5.41) is 6.79. The molecule has 0 aliphatic carbocycles. The minimum absolute atomic E-state index is 0.187. The SMILES string of the molecule is COCCNCCNC(=O)c1cc(Cl)cc(Cl)c1. The summed E-state index contributed by atoms with van der Waals surface area (Å²) in [6.07, 6.45) is 0. The van der Waals surface area contributed by atoms with E-state index >= 15 is 0 Å². The molecule has 1 aromatic carbocycles. The van der Waals surface area contributed by atoms with E-state index in [-0.39, 0.29) is 5.91 Å². The molecule has 0 bridgehead atoms. The van der Waals surface area contributed by atoms with E-state index in [1.54, 1.807) is 25.3 Å². The van der Waals surface area contributed by atoms with Crippen molar-refractivity contribution < 1.29 is 9.53 Å². The summed E-state index contributed by atoms with van der Waals surface area (Å²) >= 11 is 11.6. The molecule has 0 aliphatic rings. The molecule has 0 unspecified atom stereocenters. The molecule has 100 valence electrons. The summed E-state index contributed by atoms with van der Waals surface area (Å²) in [5.41, 5.74) is 0.462. The van der Waals surface area contributed by atoms with E-state index in [0.717, 1.165) is 6.54 Å². The van der Waals surface area contributed by atoms with Crippen LogP contribution >= 0.6 is 23.2 Å². The third-order valence-corrected chi connectivity index (χ3v) is 2.63. The van der Waals surface area contributed by atoms with Gasteiger partial charge in [-0.3, -0.25) is 4.79 Å². The largest absolute Gasteiger partial charge is 0.383 e. The number of halogens is 2. The lowest BCUT2D eigenvalue weighted by Gasteiger charge is -2.07. The van der Waals surface area contributed by atoms with Crippen molar-refractivity contribution in [1.82, 2.24) is 10.6 Å². The van der Waals surface area contributed by atoms with E-state index in [0.29, 0.717) is 35.3 Å². The predicted octanol–water partition coefficient (Wildman–Crippen LogP) is 1.96. The molecule has 0 heterocycles. The smallest absolute Gasteiger partial charge is 0.251 e. The number of methoxy groups -OCH3 is 1. The second-order valence-corrected chi connectivity index (χ2v) is 4.53. The Labute approximate surface area is 117 Å². The van der Waals surface area contributed by atoms with Gasteiger partial charge in [0.1, 0.15) is 0 Å². The quantitative estimate of drug-likeness (QED) is 0.755. The van der Waals surface area contributed by atoms with E-state index in [4.69, 9.17) is 27.9 Å². The van der Waals surface area contributed by atoms with Crippen molar-refractivity contribution in [2.24, 2.45) is 0 Å². The first-order chi connectivity index (χ1) is 8.63. The van der Waals surface area contributed by atoms with Crippen LogP contribution in [0.3, 0.4) is 0 Å². The number of nitrogens with one attached hydrogen (secondary N) is 2. The van der Waals surface area contributed by atoms with Crippen LogP contribution in [0.1, 0.15) is 10.4 Å². The number of ether oxygens (including phenoxy) is 1. The Morgan fingerprint density at radius 3 is 2.44 bits per heavy atom. The van der Waals surface area contributed by atoms with Gasteiger partial charge >= 0.3 is 0 Å². The maximum absolute atomic E-state index is 11.8. The highest BCUT2D eigenvalue weighted by Gasteiger charge is 2.06. The number of hydrogen-bond donors (Lipinski definition) is 2. The van der Waals surface area contributed by atoms with E-state index in [9.17, 15) is 4.79 Å². The van der Waals surface area contributed by atoms with Gasteiger partial charge in [-0.05, 0) is 18.2 Å². The van der Waals surface area contributed by atoms with Crippen LogP contribution in [0.15, 0.2) is 18.2 Å². The molecule has 0 aromatic heterocycles. The number of amides is 1. The maximum atomic E-state index is 11.8.